The predicted octanol–water partition coefficient (Wildman–Crippen LogP) is 2.88. The number of rotatable bonds is 4. The fourth-order valence-electron chi connectivity index (χ4n) is 1.69. The van der Waals surface area contributed by atoms with Crippen molar-refractivity contribution >= 4 is 5.78 Å². The first-order chi connectivity index (χ1) is 8.74. The number of hydrogen-bond acceptors (Lipinski definition) is 3. The third-order valence-electron chi connectivity index (χ3n) is 2.79. The van der Waals surface area contributed by atoms with Gasteiger partial charge in [0.15, 0.2) is 0 Å². The lowest BCUT2D eigenvalue weighted by molar-refractivity contribution is 0.103. The highest BCUT2D eigenvalue weighted by molar-refractivity contribution is 6.07. The smallest absolute Gasteiger partial charge is 0.213 e. The Balaban J connectivity index is 2.29. The van der Waals surface area contributed by atoms with E-state index in [1.54, 1.807) is 18.2 Å². The van der Waals surface area contributed by atoms with Crippen LogP contribution in [0, 0.1) is 0 Å². The number of nitrogens with zero attached hydrogens (tertiary/aromatic N) is 1. The molecule has 0 aliphatic rings. The van der Waals surface area contributed by atoms with E-state index in [2.05, 4.69) is 11.9 Å². The second kappa shape index (κ2) is 5.45. The Morgan fingerprint density at radius 1 is 1.17 bits per heavy atom. The van der Waals surface area contributed by atoms with Gasteiger partial charge < -0.3 is 4.74 Å². The third kappa shape index (κ3) is 2.56. The van der Waals surface area contributed by atoms with Crippen LogP contribution in [0.25, 0.3) is 0 Å². The summed E-state index contributed by atoms with van der Waals surface area (Å²) in [5, 5.41) is 0. The second-order valence-electron chi connectivity index (χ2n) is 3.94. The number of methoxy groups -OCH3 is 1. The van der Waals surface area contributed by atoms with E-state index in [4.69, 9.17) is 4.74 Å². The summed E-state index contributed by atoms with van der Waals surface area (Å²) in [4.78, 5) is 16.3. The maximum atomic E-state index is 12.2. The first kappa shape index (κ1) is 12.3. The van der Waals surface area contributed by atoms with Crippen molar-refractivity contribution in [1.29, 1.82) is 0 Å². The van der Waals surface area contributed by atoms with Crippen LogP contribution in [0.4, 0.5) is 0 Å². The number of aromatic nitrogens is 1. The highest BCUT2D eigenvalue weighted by Crippen LogP contribution is 2.13. The Hall–Kier alpha value is -2.16. The van der Waals surface area contributed by atoms with Gasteiger partial charge in [-0.15, -0.1) is 0 Å². The Labute approximate surface area is 106 Å². The van der Waals surface area contributed by atoms with Crippen LogP contribution in [0.1, 0.15) is 28.5 Å². The zero-order chi connectivity index (χ0) is 13.0. The molecule has 92 valence electrons. The minimum atomic E-state index is -0.0865. The summed E-state index contributed by atoms with van der Waals surface area (Å²) in [6.45, 7) is 2.08. The molecule has 0 saturated heterocycles. The molecule has 1 aromatic carbocycles. The van der Waals surface area contributed by atoms with Crippen molar-refractivity contribution in [3.63, 3.8) is 0 Å². The maximum Gasteiger partial charge on any atom is 0.213 e. The molecule has 3 nitrogen and oxygen atoms in total. The van der Waals surface area contributed by atoms with Crippen LogP contribution >= 0.6 is 0 Å². The van der Waals surface area contributed by atoms with Crippen LogP contribution in [0.15, 0.2) is 42.5 Å². The summed E-state index contributed by atoms with van der Waals surface area (Å²) in [5.74, 6) is 0.364. The first-order valence-corrected chi connectivity index (χ1v) is 5.89. The van der Waals surface area contributed by atoms with E-state index in [1.165, 1.54) is 12.7 Å². The molecule has 1 heterocycles. The van der Waals surface area contributed by atoms with Gasteiger partial charge in [0.25, 0.3) is 0 Å². The molecular weight excluding hydrogens is 226 g/mol. The van der Waals surface area contributed by atoms with Crippen molar-refractivity contribution in [3.05, 3.63) is 59.3 Å². The Morgan fingerprint density at radius 3 is 2.50 bits per heavy atom. The lowest BCUT2D eigenvalue weighted by Gasteiger charge is -2.03. The Morgan fingerprint density at radius 2 is 1.89 bits per heavy atom. The van der Waals surface area contributed by atoms with Gasteiger partial charge in [0.2, 0.25) is 11.7 Å². The number of aryl methyl sites for hydroxylation is 1. The van der Waals surface area contributed by atoms with Crippen LogP contribution in [0.3, 0.4) is 0 Å². The van der Waals surface area contributed by atoms with Gasteiger partial charge in [-0.25, -0.2) is 4.98 Å². The monoisotopic (exact) mass is 241 g/mol. The molecule has 0 atom stereocenters. The molecular formula is C15H15NO2. The summed E-state index contributed by atoms with van der Waals surface area (Å²) in [5.41, 5.74) is 2.26. The lowest BCUT2D eigenvalue weighted by Crippen LogP contribution is -2.04. The van der Waals surface area contributed by atoms with E-state index in [9.17, 15) is 4.79 Å². The van der Waals surface area contributed by atoms with Gasteiger partial charge in [-0.3, -0.25) is 4.79 Å². The van der Waals surface area contributed by atoms with Gasteiger partial charge in [-0.1, -0.05) is 37.3 Å². The van der Waals surface area contributed by atoms with Gasteiger partial charge in [-0.05, 0) is 18.1 Å². The van der Waals surface area contributed by atoms with E-state index in [0.29, 0.717) is 17.1 Å². The molecule has 0 radical (unpaired) electrons. The van der Waals surface area contributed by atoms with Crippen molar-refractivity contribution in [2.24, 2.45) is 0 Å². The lowest BCUT2D eigenvalue weighted by atomic mass is 10.0. The molecule has 0 amide bonds. The zero-order valence-corrected chi connectivity index (χ0v) is 10.5. The van der Waals surface area contributed by atoms with Gasteiger partial charge >= 0.3 is 0 Å². The normalized spacial score (nSPS) is 10.1. The second-order valence-corrected chi connectivity index (χ2v) is 3.94. The molecule has 0 fully saturated rings. The van der Waals surface area contributed by atoms with Gasteiger partial charge in [0.05, 0.1) is 7.11 Å². The summed E-state index contributed by atoms with van der Waals surface area (Å²) in [6.07, 6.45) is 0.964. The molecule has 0 unspecified atom stereocenters. The average Bonchev–Trinajstić information content (AvgIpc) is 2.46. The number of pyridine rings is 1. The van der Waals surface area contributed by atoms with Gasteiger partial charge in [0, 0.05) is 11.6 Å². The SMILES string of the molecule is CCc1ccc(C(=O)c2cccc(OC)n2)cc1. The topological polar surface area (TPSA) is 39.2 Å². The maximum absolute atomic E-state index is 12.2. The highest BCUT2D eigenvalue weighted by atomic mass is 16.5. The third-order valence-corrected chi connectivity index (χ3v) is 2.79. The van der Waals surface area contributed by atoms with Crippen LogP contribution in [0.2, 0.25) is 0 Å². The van der Waals surface area contributed by atoms with Gasteiger partial charge in [-0.2, -0.15) is 0 Å². The molecule has 2 aromatic rings. The summed E-state index contributed by atoms with van der Waals surface area (Å²) in [7, 11) is 1.53. The van der Waals surface area contributed by atoms with Crippen molar-refractivity contribution < 1.29 is 9.53 Å². The molecule has 0 saturated carbocycles. The van der Waals surface area contributed by atoms with Crippen LogP contribution < -0.4 is 4.74 Å². The van der Waals surface area contributed by atoms with Crippen LogP contribution in [0.5, 0.6) is 5.88 Å². The van der Waals surface area contributed by atoms with E-state index in [1.807, 2.05) is 24.3 Å². The number of benzene rings is 1. The molecule has 0 aliphatic heterocycles. The Kier molecular flexibility index (Phi) is 3.72. The molecule has 1 aromatic heterocycles. The van der Waals surface area contributed by atoms with Crippen molar-refractivity contribution in [1.82, 2.24) is 4.98 Å². The van der Waals surface area contributed by atoms with Gasteiger partial charge in [0.1, 0.15) is 5.69 Å². The van der Waals surface area contributed by atoms with Crippen molar-refractivity contribution in [3.8, 4) is 5.88 Å². The highest BCUT2D eigenvalue weighted by Gasteiger charge is 2.11. The standard InChI is InChI=1S/C15H15NO2/c1-3-11-7-9-12(10-8-11)15(17)13-5-4-6-14(16-13)18-2/h4-10H,3H2,1-2H3. The quantitative estimate of drug-likeness (QED) is 0.773. The molecule has 0 aliphatic carbocycles. The fraction of sp³-hybridized carbons (Fsp3) is 0.200. The minimum absolute atomic E-state index is 0.0865. The first-order valence-electron chi connectivity index (χ1n) is 5.89. The molecule has 3 heteroatoms. The van der Waals surface area contributed by atoms with Crippen LogP contribution in [-0.4, -0.2) is 17.9 Å². The van der Waals surface area contributed by atoms with E-state index >= 15 is 0 Å². The minimum Gasteiger partial charge on any atom is -0.481 e. The zero-order valence-electron chi connectivity index (χ0n) is 10.5. The number of ketones is 1. The summed E-state index contributed by atoms with van der Waals surface area (Å²) < 4.78 is 5.01. The largest absolute Gasteiger partial charge is 0.481 e. The van der Waals surface area contributed by atoms with E-state index in [-0.39, 0.29) is 5.78 Å². The molecule has 0 N–H and O–H groups in total. The van der Waals surface area contributed by atoms with E-state index in [0.717, 1.165) is 6.42 Å². The van der Waals surface area contributed by atoms with E-state index < -0.39 is 0 Å². The Bertz CT molecular complexity index is 547. The predicted molar refractivity (Wildman–Crippen MR) is 70.0 cm³/mol. The average molecular weight is 241 g/mol. The number of hydrogen-bond donors (Lipinski definition) is 0. The van der Waals surface area contributed by atoms with Crippen LogP contribution in [-0.2, 0) is 6.42 Å². The number of carbonyl (C=O) groups excluding carboxylic acids is 1. The molecule has 18 heavy (non-hydrogen) atoms. The molecule has 0 spiro atoms. The van der Waals surface area contributed by atoms with Crippen molar-refractivity contribution in [2.75, 3.05) is 7.11 Å². The molecule has 2 rings (SSSR count). The number of carbonyl (C=O) groups is 1. The molecule has 0 bridgehead atoms. The van der Waals surface area contributed by atoms with Crippen molar-refractivity contribution in [2.45, 2.75) is 13.3 Å². The fourth-order valence-corrected chi connectivity index (χ4v) is 1.69. The number of ether oxygens (including phenoxy) is 1. The summed E-state index contributed by atoms with van der Waals surface area (Å²) >= 11 is 0. The summed E-state index contributed by atoms with van der Waals surface area (Å²) in [6, 6.07) is 12.8.